The maximum Gasteiger partial charge on any atom is 0.167 e. The van der Waals surface area contributed by atoms with Gasteiger partial charge in [-0.15, -0.1) is 0 Å². The van der Waals surface area contributed by atoms with Gasteiger partial charge in [0.15, 0.2) is 6.29 Å². The fourth-order valence-electron chi connectivity index (χ4n) is 1.29. The smallest absolute Gasteiger partial charge is 0.167 e. The van der Waals surface area contributed by atoms with Crippen LogP contribution in [-0.4, -0.2) is 16.3 Å². The minimum atomic E-state index is 0.380. The summed E-state index contributed by atoms with van der Waals surface area (Å²) in [6, 6.07) is 3.43. The highest BCUT2D eigenvalue weighted by atomic mass is 79.9. The van der Waals surface area contributed by atoms with E-state index in [-0.39, 0.29) is 0 Å². The number of imidazole rings is 1. The van der Waals surface area contributed by atoms with E-state index in [1.165, 1.54) is 6.20 Å². The van der Waals surface area contributed by atoms with Crippen LogP contribution >= 0.6 is 39.1 Å². The highest BCUT2D eigenvalue weighted by Crippen LogP contribution is 2.35. The number of nitrogens with zero attached hydrogens (tertiary/aromatic N) is 1. The van der Waals surface area contributed by atoms with Gasteiger partial charge in [-0.25, -0.2) is 4.98 Å². The molecule has 1 N–H and O–H groups in total. The lowest BCUT2D eigenvalue weighted by Crippen LogP contribution is -1.85. The molecule has 0 aliphatic heterocycles. The molecule has 0 aliphatic carbocycles. The van der Waals surface area contributed by atoms with Gasteiger partial charge in [0.25, 0.3) is 0 Å². The number of aromatic nitrogens is 2. The molecule has 0 atom stereocenters. The van der Waals surface area contributed by atoms with Gasteiger partial charge < -0.3 is 4.98 Å². The minimum Gasteiger partial charge on any atom is -0.336 e. The molecule has 0 radical (unpaired) electrons. The van der Waals surface area contributed by atoms with Crippen LogP contribution in [0, 0.1) is 0 Å². The Morgan fingerprint density at radius 3 is 2.44 bits per heavy atom. The van der Waals surface area contributed by atoms with Crippen LogP contribution in [0.25, 0.3) is 11.4 Å². The lowest BCUT2D eigenvalue weighted by Gasteiger charge is -2.04. The predicted octanol–water partition coefficient (Wildman–Crippen LogP) is 3.96. The van der Waals surface area contributed by atoms with E-state index in [0.29, 0.717) is 33.4 Å². The first-order chi connectivity index (χ1) is 7.61. The number of halogens is 3. The van der Waals surface area contributed by atoms with E-state index >= 15 is 0 Å². The second-order valence-corrected chi connectivity index (χ2v) is 4.78. The van der Waals surface area contributed by atoms with E-state index in [9.17, 15) is 4.79 Å². The molecule has 0 bridgehead atoms. The van der Waals surface area contributed by atoms with Crippen LogP contribution in [0.15, 0.2) is 22.8 Å². The Hall–Kier alpha value is -0.840. The van der Waals surface area contributed by atoms with E-state index in [2.05, 4.69) is 25.9 Å². The van der Waals surface area contributed by atoms with Gasteiger partial charge in [-0.05, 0) is 12.1 Å². The monoisotopic (exact) mass is 318 g/mol. The third-order valence-electron chi connectivity index (χ3n) is 1.97. The number of hydrogen-bond donors (Lipinski definition) is 1. The molecule has 0 fully saturated rings. The molecule has 82 valence electrons. The van der Waals surface area contributed by atoms with Crippen LogP contribution in [-0.2, 0) is 0 Å². The largest absolute Gasteiger partial charge is 0.336 e. The third kappa shape index (κ3) is 2.14. The molecular weight excluding hydrogens is 315 g/mol. The number of benzene rings is 1. The summed E-state index contributed by atoms with van der Waals surface area (Å²) in [5.41, 5.74) is 0.963. The Bertz CT molecular complexity index is 530. The summed E-state index contributed by atoms with van der Waals surface area (Å²) in [4.78, 5) is 17.4. The van der Waals surface area contributed by atoms with Gasteiger partial charge in [0.2, 0.25) is 0 Å². The van der Waals surface area contributed by atoms with Crippen molar-refractivity contribution in [3.63, 3.8) is 0 Å². The first-order valence-electron chi connectivity index (χ1n) is 4.27. The summed E-state index contributed by atoms with van der Waals surface area (Å²) in [7, 11) is 0. The highest BCUT2D eigenvalue weighted by Gasteiger charge is 2.12. The van der Waals surface area contributed by atoms with E-state index in [1.807, 2.05) is 0 Å². The molecule has 3 nitrogen and oxygen atoms in total. The van der Waals surface area contributed by atoms with E-state index < -0.39 is 0 Å². The molecule has 0 spiro atoms. The molecule has 6 heteroatoms. The van der Waals surface area contributed by atoms with Gasteiger partial charge >= 0.3 is 0 Å². The number of hydrogen-bond acceptors (Lipinski definition) is 2. The zero-order valence-electron chi connectivity index (χ0n) is 7.80. The average molecular weight is 320 g/mol. The van der Waals surface area contributed by atoms with Crippen molar-refractivity contribution < 1.29 is 4.79 Å². The number of carbonyl (C=O) groups is 1. The fraction of sp³-hybridized carbons (Fsp3) is 0. The first kappa shape index (κ1) is 11.6. The lowest BCUT2D eigenvalue weighted by atomic mass is 10.2. The number of rotatable bonds is 2. The third-order valence-corrected chi connectivity index (χ3v) is 3.02. The normalized spacial score (nSPS) is 10.4. The summed E-state index contributed by atoms with van der Waals surface area (Å²) in [6.07, 6.45) is 2.11. The van der Waals surface area contributed by atoms with Crippen LogP contribution in [0.5, 0.6) is 0 Å². The number of H-pyrrole nitrogens is 1. The van der Waals surface area contributed by atoms with E-state index in [0.717, 1.165) is 4.47 Å². The molecule has 0 amide bonds. The molecule has 0 saturated carbocycles. The summed E-state index contributed by atoms with van der Waals surface area (Å²) in [6.45, 7) is 0. The number of aromatic amines is 1. The van der Waals surface area contributed by atoms with Crippen LogP contribution in [0.2, 0.25) is 10.0 Å². The number of nitrogens with one attached hydrogen (secondary N) is 1. The van der Waals surface area contributed by atoms with Crippen molar-refractivity contribution in [2.45, 2.75) is 0 Å². The van der Waals surface area contributed by atoms with Gasteiger partial charge in [0, 0.05) is 4.47 Å². The lowest BCUT2D eigenvalue weighted by molar-refractivity contribution is 0.111. The van der Waals surface area contributed by atoms with Gasteiger partial charge in [0.05, 0.1) is 27.5 Å². The second kappa shape index (κ2) is 4.57. The van der Waals surface area contributed by atoms with Crippen LogP contribution in [0.4, 0.5) is 0 Å². The van der Waals surface area contributed by atoms with Crippen molar-refractivity contribution in [2.24, 2.45) is 0 Å². The maximum absolute atomic E-state index is 10.5. The standard InChI is InChI=1S/C10H5BrCl2N2O/c11-5-1-7(12)9(8(13)2-5)10-14-3-6(4-16)15-10/h1-4H,(H,14,15). The van der Waals surface area contributed by atoms with Crippen molar-refractivity contribution in [1.82, 2.24) is 9.97 Å². The van der Waals surface area contributed by atoms with Crippen molar-refractivity contribution in [3.05, 3.63) is 38.5 Å². The molecular formula is C10H5BrCl2N2O. The molecule has 1 aromatic heterocycles. The predicted molar refractivity (Wildman–Crippen MR) is 67.1 cm³/mol. The Labute approximate surface area is 110 Å². The summed E-state index contributed by atoms with van der Waals surface area (Å²) in [5.74, 6) is 0.476. The van der Waals surface area contributed by atoms with Crippen molar-refractivity contribution in [1.29, 1.82) is 0 Å². The highest BCUT2D eigenvalue weighted by molar-refractivity contribution is 9.10. The fourth-order valence-corrected chi connectivity index (χ4v) is 2.68. The number of aldehydes is 1. The van der Waals surface area contributed by atoms with Gasteiger partial charge in [-0.3, -0.25) is 4.79 Å². The van der Waals surface area contributed by atoms with Gasteiger partial charge in [0.1, 0.15) is 5.82 Å². The molecule has 2 aromatic rings. The zero-order chi connectivity index (χ0) is 11.7. The average Bonchev–Trinajstić information content (AvgIpc) is 2.64. The second-order valence-electron chi connectivity index (χ2n) is 3.05. The maximum atomic E-state index is 10.5. The Balaban J connectivity index is 2.59. The zero-order valence-corrected chi connectivity index (χ0v) is 10.9. The summed E-state index contributed by atoms with van der Waals surface area (Å²) < 4.78 is 0.786. The molecule has 16 heavy (non-hydrogen) atoms. The first-order valence-corrected chi connectivity index (χ1v) is 5.82. The Kier molecular flexibility index (Phi) is 3.33. The summed E-state index contributed by atoms with van der Waals surface area (Å²) in [5, 5.41) is 0.928. The summed E-state index contributed by atoms with van der Waals surface area (Å²) >= 11 is 15.4. The minimum absolute atomic E-state index is 0.380. The van der Waals surface area contributed by atoms with Gasteiger partial charge in [-0.1, -0.05) is 39.1 Å². The SMILES string of the molecule is O=Cc1cnc(-c2c(Cl)cc(Br)cc2Cl)[nH]1. The molecule has 0 unspecified atom stereocenters. The van der Waals surface area contributed by atoms with E-state index in [4.69, 9.17) is 23.2 Å². The van der Waals surface area contributed by atoms with Crippen LogP contribution < -0.4 is 0 Å². The van der Waals surface area contributed by atoms with E-state index in [1.54, 1.807) is 12.1 Å². The van der Waals surface area contributed by atoms with Crippen molar-refractivity contribution in [3.8, 4) is 11.4 Å². The molecule has 1 aromatic carbocycles. The molecule has 0 aliphatic rings. The Morgan fingerprint density at radius 2 is 1.94 bits per heavy atom. The molecule has 2 rings (SSSR count). The van der Waals surface area contributed by atoms with Crippen LogP contribution in [0.1, 0.15) is 10.5 Å². The molecule has 1 heterocycles. The topological polar surface area (TPSA) is 45.8 Å². The molecule has 0 saturated heterocycles. The van der Waals surface area contributed by atoms with Crippen molar-refractivity contribution in [2.75, 3.05) is 0 Å². The van der Waals surface area contributed by atoms with Crippen LogP contribution in [0.3, 0.4) is 0 Å². The van der Waals surface area contributed by atoms with Crippen molar-refractivity contribution >= 4 is 45.4 Å². The Morgan fingerprint density at radius 1 is 1.31 bits per heavy atom. The van der Waals surface area contributed by atoms with Gasteiger partial charge in [-0.2, -0.15) is 0 Å². The number of carbonyl (C=O) groups excluding carboxylic acids is 1. The quantitative estimate of drug-likeness (QED) is 0.852.